The molecule has 0 aliphatic carbocycles. The molecule has 2 heterocycles. The molecule has 0 spiro atoms. The van der Waals surface area contributed by atoms with Crippen LogP contribution in [0.4, 0.5) is 0 Å². The third-order valence-corrected chi connectivity index (χ3v) is 2.77. The SMILES string of the molecule is C.CC1(C)C=CCCO1.CC1(C)CC(=O)CCO1. The minimum absolute atomic E-state index is 0. The van der Waals surface area contributed by atoms with Gasteiger partial charge in [0.05, 0.1) is 24.4 Å². The molecule has 0 N–H and O–H groups in total. The number of Topliss-reactive ketones (excluding diaryl/α,β-unsaturated/α-hetero) is 1. The van der Waals surface area contributed by atoms with E-state index in [0.717, 1.165) is 13.0 Å². The number of carbonyl (C=O) groups excluding carboxylic acids is 1. The maximum absolute atomic E-state index is 10.8. The quantitative estimate of drug-likeness (QED) is 0.622. The topological polar surface area (TPSA) is 35.5 Å². The Bertz CT molecular complexity index is 290. The Labute approximate surface area is 112 Å². The van der Waals surface area contributed by atoms with Crippen LogP contribution in [0, 0.1) is 0 Å². The molecule has 0 radical (unpaired) electrons. The van der Waals surface area contributed by atoms with Crippen molar-refractivity contribution in [1.82, 2.24) is 0 Å². The molecule has 3 nitrogen and oxygen atoms in total. The summed E-state index contributed by atoms with van der Waals surface area (Å²) in [5.74, 6) is 0.325. The van der Waals surface area contributed by atoms with Crippen LogP contribution < -0.4 is 0 Å². The average Bonchev–Trinajstić information content (AvgIpc) is 2.15. The van der Waals surface area contributed by atoms with Crippen molar-refractivity contribution in [1.29, 1.82) is 0 Å². The van der Waals surface area contributed by atoms with E-state index in [9.17, 15) is 4.79 Å². The first-order valence-electron chi connectivity index (χ1n) is 6.28. The van der Waals surface area contributed by atoms with Crippen molar-refractivity contribution in [2.24, 2.45) is 0 Å². The van der Waals surface area contributed by atoms with Gasteiger partial charge in [0.1, 0.15) is 5.78 Å². The summed E-state index contributed by atoms with van der Waals surface area (Å²) in [5, 5.41) is 0. The second-order valence-electron chi connectivity index (χ2n) is 5.72. The van der Waals surface area contributed by atoms with Crippen LogP contribution in [0.15, 0.2) is 12.2 Å². The van der Waals surface area contributed by atoms with Crippen LogP contribution in [0.1, 0.15) is 54.4 Å². The molecule has 0 saturated carbocycles. The molecule has 0 bridgehead atoms. The van der Waals surface area contributed by atoms with Gasteiger partial charge in [0.2, 0.25) is 0 Å². The van der Waals surface area contributed by atoms with Gasteiger partial charge in [0.25, 0.3) is 0 Å². The molecule has 106 valence electrons. The van der Waals surface area contributed by atoms with Gasteiger partial charge in [0, 0.05) is 12.8 Å². The lowest BCUT2D eigenvalue weighted by atomic mass is 9.97. The van der Waals surface area contributed by atoms with Crippen molar-refractivity contribution in [3.63, 3.8) is 0 Å². The van der Waals surface area contributed by atoms with E-state index in [1.165, 1.54) is 0 Å². The fourth-order valence-corrected chi connectivity index (χ4v) is 1.86. The first-order chi connectivity index (χ1) is 7.81. The zero-order valence-electron chi connectivity index (χ0n) is 11.4. The summed E-state index contributed by atoms with van der Waals surface area (Å²) in [6.07, 6.45) is 6.53. The minimum Gasteiger partial charge on any atom is -0.375 e. The molecule has 2 rings (SSSR count). The Morgan fingerprint density at radius 2 is 1.78 bits per heavy atom. The molecule has 3 heteroatoms. The molecule has 2 aliphatic heterocycles. The van der Waals surface area contributed by atoms with E-state index < -0.39 is 0 Å². The van der Waals surface area contributed by atoms with Crippen LogP contribution in [0.3, 0.4) is 0 Å². The lowest BCUT2D eigenvalue weighted by molar-refractivity contribution is -0.135. The van der Waals surface area contributed by atoms with Crippen LogP contribution >= 0.6 is 0 Å². The fourth-order valence-electron chi connectivity index (χ4n) is 1.86. The highest BCUT2D eigenvalue weighted by Crippen LogP contribution is 2.20. The molecule has 2 aliphatic rings. The molecule has 0 aromatic rings. The summed E-state index contributed by atoms with van der Waals surface area (Å²) >= 11 is 0. The van der Waals surface area contributed by atoms with Gasteiger partial charge in [-0.3, -0.25) is 4.79 Å². The van der Waals surface area contributed by atoms with E-state index >= 15 is 0 Å². The van der Waals surface area contributed by atoms with Crippen molar-refractivity contribution in [2.45, 2.75) is 65.6 Å². The van der Waals surface area contributed by atoms with Crippen molar-refractivity contribution >= 4 is 5.78 Å². The van der Waals surface area contributed by atoms with Gasteiger partial charge in [-0.1, -0.05) is 19.6 Å². The highest BCUT2D eigenvalue weighted by atomic mass is 16.5. The van der Waals surface area contributed by atoms with Gasteiger partial charge in [-0.2, -0.15) is 0 Å². The minimum atomic E-state index is -0.199. The van der Waals surface area contributed by atoms with Crippen LogP contribution in [0.2, 0.25) is 0 Å². The number of carbonyl (C=O) groups is 1. The Morgan fingerprint density at radius 1 is 1.11 bits per heavy atom. The molecule has 1 fully saturated rings. The molecule has 0 aromatic heterocycles. The van der Waals surface area contributed by atoms with E-state index in [1.807, 2.05) is 13.8 Å². The van der Waals surface area contributed by atoms with E-state index in [-0.39, 0.29) is 18.6 Å². The lowest BCUT2D eigenvalue weighted by Crippen LogP contribution is -2.33. The number of rotatable bonds is 0. The monoisotopic (exact) mass is 256 g/mol. The van der Waals surface area contributed by atoms with Crippen molar-refractivity contribution in [2.75, 3.05) is 13.2 Å². The van der Waals surface area contributed by atoms with Crippen LogP contribution in [0.25, 0.3) is 0 Å². The second-order valence-corrected chi connectivity index (χ2v) is 5.72. The van der Waals surface area contributed by atoms with Crippen molar-refractivity contribution in [3.05, 3.63) is 12.2 Å². The molecular formula is C15H28O3. The molecule has 0 unspecified atom stereocenters. The van der Waals surface area contributed by atoms with Gasteiger partial charge >= 0.3 is 0 Å². The summed E-state index contributed by atoms with van der Waals surface area (Å²) in [4.78, 5) is 10.8. The molecular weight excluding hydrogens is 228 g/mol. The predicted molar refractivity (Wildman–Crippen MR) is 74.8 cm³/mol. The third kappa shape index (κ3) is 6.92. The highest BCUT2D eigenvalue weighted by Gasteiger charge is 2.26. The summed E-state index contributed by atoms with van der Waals surface area (Å²) in [6.45, 7) is 9.52. The average molecular weight is 256 g/mol. The van der Waals surface area contributed by atoms with Crippen molar-refractivity contribution < 1.29 is 14.3 Å². The number of hydrogen-bond donors (Lipinski definition) is 0. The maximum Gasteiger partial charge on any atom is 0.138 e. The first-order valence-corrected chi connectivity index (χ1v) is 6.28. The Kier molecular flexibility index (Phi) is 6.79. The van der Waals surface area contributed by atoms with Gasteiger partial charge < -0.3 is 9.47 Å². The van der Waals surface area contributed by atoms with Crippen LogP contribution in [0.5, 0.6) is 0 Å². The second kappa shape index (κ2) is 7.05. The lowest BCUT2D eigenvalue weighted by Gasteiger charge is -2.28. The molecule has 0 amide bonds. The predicted octanol–water partition coefficient (Wildman–Crippen LogP) is 3.52. The van der Waals surface area contributed by atoms with E-state index in [4.69, 9.17) is 9.47 Å². The van der Waals surface area contributed by atoms with Gasteiger partial charge in [-0.25, -0.2) is 0 Å². The summed E-state index contributed by atoms with van der Waals surface area (Å²) < 4.78 is 10.7. The Morgan fingerprint density at radius 3 is 2.06 bits per heavy atom. The summed E-state index contributed by atoms with van der Waals surface area (Å²) in [5.41, 5.74) is -0.201. The van der Waals surface area contributed by atoms with Gasteiger partial charge in [-0.15, -0.1) is 0 Å². The number of ether oxygens (including phenoxy) is 2. The normalized spacial score (nSPS) is 24.6. The van der Waals surface area contributed by atoms with Gasteiger partial charge in [-0.05, 0) is 34.1 Å². The first kappa shape index (κ1) is 17.3. The zero-order valence-corrected chi connectivity index (χ0v) is 11.4. The maximum atomic E-state index is 10.8. The highest BCUT2D eigenvalue weighted by molar-refractivity contribution is 5.80. The van der Waals surface area contributed by atoms with E-state index in [2.05, 4.69) is 26.0 Å². The third-order valence-electron chi connectivity index (χ3n) is 2.77. The standard InChI is InChI=1S/C7H12O2.C7H12O.CH4/c1-7(2)5-6(8)3-4-9-7;1-7(2)5-3-4-6-8-7;/h3-5H2,1-2H3;3,5H,4,6H2,1-2H3;1H4. The van der Waals surface area contributed by atoms with E-state index in [1.54, 1.807) is 0 Å². The molecule has 18 heavy (non-hydrogen) atoms. The van der Waals surface area contributed by atoms with Gasteiger partial charge in [0.15, 0.2) is 0 Å². The Hall–Kier alpha value is -0.670. The number of ketones is 1. The summed E-state index contributed by atoms with van der Waals surface area (Å²) in [7, 11) is 0. The van der Waals surface area contributed by atoms with E-state index in [0.29, 0.717) is 25.2 Å². The van der Waals surface area contributed by atoms with Crippen molar-refractivity contribution in [3.8, 4) is 0 Å². The number of hydrogen-bond acceptors (Lipinski definition) is 3. The summed E-state index contributed by atoms with van der Waals surface area (Å²) in [6, 6.07) is 0. The zero-order chi connectivity index (χ0) is 12.9. The molecule has 0 atom stereocenters. The fraction of sp³-hybridized carbons (Fsp3) is 0.800. The van der Waals surface area contributed by atoms with Crippen LogP contribution in [-0.4, -0.2) is 30.2 Å². The Balaban J connectivity index is 0.000000306. The smallest absolute Gasteiger partial charge is 0.138 e. The largest absolute Gasteiger partial charge is 0.375 e. The molecule has 1 saturated heterocycles. The van der Waals surface area contributed by atoms with Crippen LogP contribution in [-0.2, 0) is 14.3 Å². The molecule has 0 aromatic carbocycles.